The van der Waals surface area contributed by atoms with E-state index in [0.717, 1.165) is 11.7 Å². The normalized spacial score (nSPS) is 19.8. The molecule has 0 bridgehead atoms. The Labute approximate surface area is 148 Å². The number of nitrogens with zero attached hydrogens (tertiary/aromatic N) is 3. The predicted octanol–water partition coefficient (Wildman–Crippen LogP) is 4.10. The third kappa shape index (κ3) is 3.29. The van der Waals surface area contributed by atoms with Gasteiger partial charge in [0.2, 0.25) is 0 Å². The van der Waals surface area contributed by atoms with Crippen LogP contribution in [0.25, 0.3) is 10.2 Å². The second-order valence-electron chi connectivity index (χ2n) is 7.73. The molecule has 0 spiro atoms. The minimum absolute atomic E-state index is 0.547. The lowest BCUT2D eigenvalue weighted by Gasteiger charge is -2.33. The van der Waals surface area contributed by atoms with Crippen molar-refractivity contribution in [3.8, 4) is 0 Å². The molecule has 130 valence electrons. The number of fused-ring (bicyclic) bond motifs is 3. The predicted molar refractivity (Wildman–Crippen MR) is 102 cm³/mol. The van der Waals surface area contributed by atoms with Gasteiger partial charge in [0.25, 0.3) is 0 Å². The molecule has 0 saturated carbocycles. The summed E-state index contributed by atoms with van der Waals surface area (Å²) in [4.78, 5) is 14.5. The average Bonchev–Trinajstić information content (AvgIpc) is 2.96. The summed E-state index contributed by atoms with van der Waals surface area (Å²) in [6, 6.07) is 0.547. The van der Waals surface area contributed by atoms with Gasteiger partial charge in [-0.15, -0.1) is 11.3 Å². The Morgan fingerprint density at radius 2 is 2.00 bits per heavy atom. The number of anilines is 1. The van der Waals surface area contributed by atoms with Gasteiger partial charge in [-0.25, -0.2) is 9.97 Å². The maximum absolute atomic E-state index is 4.62. The van der Waals surface area contributed by atoms with Gasteiger partial charge in [-0.3, -0.25) is 0 Å². The van der Waals surface area contributed by atoms with Crippen molar-refractivity contribution in [3.63, 3.8) is 0 Å². The molecule has 5 heteroatoms. The van der Waals surface area contributed by atoms with E-state index in [4.69, 9.17) is 0 Å². The van der Waals surface area contributed by atoms with Crippen molar-refractivity contribution in [1.29, 1.82) is 0 Å². The van der Waals surface area contributed by atoms with E-state index >= 15 is 0 Å². The number of piperidine rings is 1. The van der Waals surface area contributed by atoms with Crippen LogP contribution in [0.5, 0.6) is 0 Å². The van der Waals surface area contributed by atoms with Crippen molar-refractivity contribution in [3.05, 3.63) is 16.8 Å². The molecule has 0 atom stereocenters. The average molecular weight is 345 g/mol. The van der Waals surface area contributed by atoms with Crippen molar-refractivity contribution >= 4 is 27.4 Å². The summed E-state index contributed by atoms with van der Waals surface area (Å²) < 4.78 is 0. The van der Waals surface area contributed by atoms with Gasteiger partial charge < -0.3 is 10.2 Å². The van der Waals surface area contributed by atoms with E-state index in [1.54, 1.807) is 11.2 Å². The molecular weight excluding hydrogens is 316 g/mol. The number of aromatic nitrogens is 2. The molecule has 3 heterocycles. The van der Waals surface area contributed by atoms with Crippen molar-refractivity contribution in [2.24, 2.45) is 5.92 Å². The van der Waals surface area contributed by atoms with E-state index in [1.807, 2.05) is 11.3 Å². The number of thiophene rings is 1. The number of aryl methyl sites for hydroxylation is 2. The number of rotatable bonds is 4. The molecule has 1 aliphatic heterocycles. The molecule has 2 aromatic heterocycles. The van der Waals surface area contributed by atoms with Crippen LogP contribution in [0.1, 0.15) is 50.0 Å². The van der Waals surface area contributed by atoms with E-state index in [0.29, 0.717) is 6.04 Å². The summed E-state index contributed by atoms with van der Waals surface area (Å²) in [5, 5.41) is 5.08. The molecule has 1 N–H and O–H groups in total. The van der Waals surface area contributed by atoms with Crippen molar-refractivity contribution in [2.45, 2.75) is 58.4 Å². The van der Waals surface area contributed by atoms with Crippen LogP contribution in [0, 0.1) is 5.92 Å². The SMILES string of the molecule is CC(C)CN1CCC(Nc2ncnc3sc4c(c23)CCCC4)CC1. The van der Waals surface area contributed by atoms with Gasteiger partial charge in [-0.2, -0.15) is 0 Å². The van der Waals surface area contributed by atoms with Gasteiger partial charge in [0.1, 0.15) is 17.0 Å². The van der Waals surface area contributed by atoms with Gasteiger partial charge in [0, 0.05) is 30.6 Å². The largest absolute Gasteiger partial charge is 0.367 e. The summed E-state index contributed by atoms with van der Waals surface area (Å²) in [6.07, 6.45) is 9.22. The Hall–Kier alpha value is -1.20. The molecule has 0 unspecified atom stereocenters. The molecule has 4 rings (SSSR count). The standard InChI is InChI=1S/C19H28N4S/c1-13(2)11-23-9-7-14(8-10-23)22-18-17-15-5-3-4-6-16(15)24-19(17)21-12-20-18/h12-14H,3-11H2,1-2H3,(H,20,21,22). The van der Waals surface area contributed by atoms with E-state index in [9.17, 15) is 0 Å². The summed E-state index contributed by atoms with van der Waals surface area (Å²) in [7, 11) is 0. The fourth-order valence-electron chi connectivity index (χ4n) is 4.17. The van der Waals surface area contributed by atoms with Gasteiger partial charge >= 0.3 is 0 Å². The Balaban J connectivity index is 1.50. The maximum Gasteiger partial charge on any atom is 0.138 e. The van der Waals surface area contributed by atoms with Crippen LogP contribution in [-0.4, -0.2) is 40.5 Å². The third-order valence-electron chi connectivity index (χ3n) is 5.30. The first-order valence-electron chi connectivity index (χ1n) is 9.45. The minimum Gasteiger partial charge on any atom is -0.367 e. The van der Waals surface area contributed by atoms with Crippen LogP contribution in [0.15, 0.2) is 6.33 Å². The maximum atomic E-state index is 4.62. The lowest BCUT2D eigenvalue weighted by atomic mass is 9.96. The second-order valence-corrected chi connectivity index (χ2v) is 8.81. The van der Waals surface area contributed by atoms with Crippen molar-refractivity contribution in [1.82, 2.24) is 14.9 Å². The summed E-state index contributed by atoms with van der Waals surface area (Å²) in [5.74, 6) is 1.84. The zero-order valence-corrected chi connectivity index (χ0v) is 15.7. The highest BCUT2D eigenvalue weighted by atomic mass is 32.1. The molecule has 0 radical (unpaired) electrons. The van der Waals surface area contributed by atoms with E-state index < -0.39 is 0 Å². The van der Waals surface area contributed by atoms with Gasteiger partial charge in [0.15, 0.2) is 0 Å². The molecule has 2 aliphatic rings. The van der Waals surface area contributed by atoms with Gasteiger partial charge in [-0.05, 0) is 50.0 Å². The lowest BCUT2D eigenvalue weighted by Crippen LogP contribution is -2.40. The summed E-state index contributed by atoms with van der Waals surface area (Å²) in [5.41, 5.74) is 1.53. The van der Waals surface area contributed by atoms with E-state index in [-0.39, 0.29) is 0 Å². The zero-order valence-electron chi connectivity index (χ0n) is 14.8. The fourth-order valence-corrected chi connectivity index (χ4v) is 5.40. The smallest absolute Gasteiger partial charge is 0.138 e. The van der Waals surface area contributed by atoms with Crippen molar-refractivity contribution < 1.29 is 0 Å². The molecule has 0 amide bonds. The first-order valence-corrected chi connectivity index (χ1v) is 10.3. The van der Waals surface area contributed by atoms with Crippen LogP contribution >= 0.6 is 11.3 Å². The number of nitrogens with one attached hydrogen (secondary N) is 1. The quantitative estimate of drug-likeness (QED) is 0.906. The number of hydrogen-bond acceptors (Lipinski definition) is 5. The first kappa shape index (κ1) is 16.3. The molecule has 4 nitrogen and oxygen atoms in total. The number of hydrogen-bond donors (Lipinski definition) is 1. The molecule has 1 saturated heterocycles. The molecule has 1 fully saturated rings. The summed E-state index contributed by atoms with van der Waals surface area (Å²) in [6.45, 7) is 8.24. The van der Waals surface area contributed by atoms with Crippen LogP contribution in [0.2, 0.25) is 0 Å². The molecule has 2 aromatic rings. The van der Waals surface area contributed by atoms with E-state index in [2.05, 4.69) is 34.0 Å². The van der Waals surface area contributed by atoms with Gasteiger partial charge in [0.05, 0.1) is 5.39 Å². The third-order valence-corrected chi connectivity index (χ3v) is 6.50. The highest BCUT2D eigenvalue weighted by Gasteiger charge is 2.23. The topological polar surface area (TPSA) is 41.0 Å². The highest BCUT2D eigenvalue weighted by molar-refractivity contribution is 7.19. The monoisotopic (exact) mass is 344 g/mol. The molecule has 1 aliphatic carbocycles. The second kappa shape index (κ2) is 6.96. The molecule has 24 heavy (non-hydrogen) atoms. The Bertz CT molecular complexity index is 701. The molecular formula is C19H28N4S. The first-order chi connectivity index (χ1) is 11.7. The fraction of sp³-hybridized carbons (Fsp3) is 0.684. The van der Waals surface area contributed by atoms with Crippen molar-refractivity contribution in [2.75, 3.05) is 25.0 Å². The Kier molecular flexibility index (Phi) is 4.72. The van der Waals surface area contributed by atoms with E-state index in [1.165, 1.54) is 73.9 Å². The number of likely N-dealkylation sites (tertiary alicyclic amines) is 1. The minimum atomic E-state index is 0.547. The zero-order chi connectivity index (χ0) is 16.5. The Morgan fingerprint density at radius 3 is 2.79 bits per heavy atom. The van der Waals surface area contributed by atoms with Crippen LogP contribution in [0.3, 0.4) is 0 Å². The van der Waals surface area contributed by atoms with Crippen LogP contribution in [-0.2, 0) is 12.8 Å². The Morgan fingerprint density at radius 1 is 1.21 bits per heavy atom. The lowest BCUT2D eigenvalue weighted by molar-refractivity contribution is 0.198. The van der Waals surface area contributed by atoms with Crippen LogP contribution in [0.4, 0.5) is 5.82 Å². The molecule has 0 aromatic carbocycles. The summed E-state index contributed by atoms with van der Waals surface area (Å²) >= 11 is 1.88. The van der Waals surface area contributed by atoms with Crippen LogP contribution < -0.4 is 5.32 Å². The highest BCUT2D eigenvalue weighted by Crippen LogP contribution is 2.38. The van der Waals surface area contributed by atoms with Gasteiger partial charge in [-0.1, -0.05) is 13.8 Å².